The quantitative estimate of drug-likeness (QED) is 0.281. The Morgan fingerprint density at radius 2 is 2.12 bits per heavy atom. The van der Waals surface area contributed by atoms with Gasteiger partial charge in [0.2, 0.25) is 5.60 Å². The number of carbonyl (C=O) groups is 3. The van der Waals surface area contributed by atoms with Crippen LogP contribution in [-0.2, 0) is 38.6 Å². The molecule has 178 valence electrons. The number of thiophene rings is 1. The minimum Gasteiger partial charge on any atom is -0.479 e. The summed E-state index contributed by atoms with van der Waals surface area (Å²) in [5.41, 5.74) is -2.00. The number of nitro groups is 1. The third kappa shape index (κ3) is 3.63. The van der Waals surface area contributed by atoms with E-state index in [-0.39, 0.29) is 31.4 Å². The summed E-state index contributed by atoms with van der Waals surface area (Å²) in [6.07, 6.45) is 2.53. The highest BCUT2D eigenvalue weighted by atomic mass is 32.1. The van der Waals surface area contributed by atoms with Gasteiger partial charge in [-0.3, -0.25) is 24.6 Å². The molecule has 2 aromatic rings. The van der Waals surface area contributed by atoms with E-state index in [1.165, 1.54) is 29.5 Å². The van der Waals surface area contributed by atoms with Gasteiger partial charge >= 0.3 is 5.97 Å². The second-order valence-electron chi connectivity index (χ2n) is 8.42. The third-order valence-electron chi connectivity index (χ3n) is 6.32. The highest BCUT2D eigenvalue weighted by molar-refractivity contribution is 7.16. The van der Waals surface area contributed by atoms with E-state index in [1.807, 2.05) is 0 Å². The highest BCUT2D eigenvalue weighted by Gasteiger charge is 2.55. The monoisotopic (exact) mass is 487 g/mol. The van der Waals surface area contributed by atoms with E-state index in [1.54, 1.807) is 6.07 Å². The normalized spacial score (nSPS) is 23.8. The van der Waals surface area contributed by atoms with Crippen molar-refractivity contribution in [1.82, 2.24) is 4.90 Å². The van der Waals surface area contributed by atoms with E-state index < -0.39 is 34.0 Å². The fraction of sp³-hybridized carbons (Fsp3) is 0.409. The maximum Gasteiger partial charge on any atom is 0.346 e. The average Bonchev–Trinajstić information content (AvgIpc) is 3.38. The molecular weight excluding hydrogens is 466 g/mol. The van der Waals surface area contributed by atoms with Crippen molar-refractivity contribution in [3.63, 3.8) is 0 Å². The zero-order chi connectivity index (χ0) is 24.0. The first-order valence-corrected chi connectivity index (χ1v) is 11.6. The minimum absolute atomic E-state index is 0.111. The van der Waals surface area contributed by atoms with Gasteiger partial charge < -0.3 is 19.9 Å². The Kier molecular flexibility index (Phi) is 5.58. The lowest BCUT2D eigenvalue weighted by Crippen LogP contribution is -2.58. The summed E-state index contributed by atoms with van der Waals surface area (Å²) >= 11 is 1.41. The van der Waals surface area contributed by atoms with Crippen LogP contribution in [0.4, 0.5) is 10.7 Å². The molecule has 11 nitrogen and oxygen atoms in total. The molecule has 2 amide bonds. The van der Waals surface area contributed by atoms with E-state index in [0.717, 1.165) is 34.0 Å². The van der Waals surface area contributed by atoms with Crippen LogP contribution in [0, 0.1) is 10.1 Å². The largest absolute Gasteiger partial charge is 0.479 e. The molecule has 0 spiro atoms. The number of nitrogens with zero attached hydrogens (tertiary/aromatic N) is 2. The molecule has 34 heavy (non-hydrogen) atoms. The average molecular weight is 487 g/mol. The fourth-order valence-electron chi connectivity index (χ4n) is 4.57. The van der Waals surface area contributed by atoms with Crippen molar-refractivity contribution in [1.29, 1.82) is 0 Å². The van der Waals surface area contributed by atoms with Gasteiger partial charge in [-0.05, 0) is 36.5 Å². The predicted molar refractivity (Wildman–Crippen MR) is 118 cm³/mol. The first-order chi connectivity index (χ1) is 16.3. The summed E-state index contributed by atoms with van der Waals surface area (Å²) in [7, 11) is 0. The van der Waals surface area contributed by atoms with Gasteiger partial charge in [-0.15, -0.1) is 11.3 Å². The summed E-state index contributed by atoms with van der Waals surface area (Å²) in [6, 6.07) is 5.89. The van der Waals surface area contributed by atoms with Gasteiger partial charge in [-0.1, -0.05) is 12.1 Å². The van der Waals surface area contributed by atoms with Crippen molar-refractivity contribution < 1.29 is 33.9 Å². The number of benzene rings is 1. The molecule has 2 unspecified atom stereocenters. The Morgan fingerprint density at radius 3 is 2.82 bits per heavy atom. The number of hydrogen-bond donors (Lipinski definition) is 2. The number of imide groups is 1. The molecule has 0 saturated carbocycles. The second-order valence-corrected chi connectivity index (χ2v) is 9.56. The van der Waals surface area contributed by atoms with Crippen LogP contribution in [0.1, 0.15) is 45.6 Å². The lowest BCUT2D eigenvalue weighted by molar-refractivity contribution is -0.385. The van der Waals surface area contributed by atoms with Crippen molar-refractivity contribution in [2.75, 3.05) is 11.9 Å². The molecule has 0 aliphatic carbocycles. The van der Waals surface area contributed by atoms with Crippen LogP contribution in [0.25, 0.3) is 0 Å². The number of ether oxygens (including phenoxy) is 2. The smallest absolute Gasteiger partial charge is 0.346 e. The summed E-state index contributed by atoms with van der Waals surface area (Å²) in [5, 5.41) is 25.5. The first kappa shape index (κ1) is 22.4. The molecule has 2 atom stereocenters. The van der Waals surface area contributed by atoms with E-state index in [9.17, 15) is 29.6 Å². The topological polar surface area (TPSA) is 148 Å². The number of aliphatic carboxylic acids is 1. The molecule has 1 saturated heterocycles. The number of rotatable bonds is 5. The van der Waals surface area contributed by atoms with E-state index in [4.69, 9.17) is 9.47 Å². The number of carboxylic acids is 1. The van der Waals surface area contributed by atoms with Crippen molar-refractivity contribution in [2.45, 2.75) is 50.7 Å². The van der Waals surface area contributed by atoms with Gasteiger partial charge in [0.15, 0.2) is 0 Å². The molecule has 3 aliphatic rings. The summed E-state index contributed by atoms with van der Waals surface area (Å²) in [5.74, 6) is -3.46. The molecule has 3 aliphatic heterocycles. The van der Waals surface area contributed by atoms with Crippen molar-refractivity contribution in [3.05, 3.63) is 55.9 Å². The van der Waals surface area contributed by atoms with Crippen LogP contribution in [0.15, 0.2) is 24.3 Å². The molecule has 0 radical (unpaired) electrons. The van der Waals surface area contributed by atoms with Crippen LogP contribution in [-0.4, -0.2) is 51.1 Å². The number of amides is 2. The van der Waals surface area contributed by atoms with Crippen molar-refractivity contribution in [3.8, 4) is 0 Å². The molecule has 2 N–H and O–H groups in total. The number of nitro benzene ring substituents is 1. The molecule has 1 aromatic heterocycles. The predicted octanol–water partition coefficient (Wildman–Crippen LogP) is 2.67. The van der Waals surface area contributed by atoms with E-state index in [0.29, 0.717) is 17.7 Å². The fourth-order valence-corrected chi connectivity index (χ4v) is 5.61. The van der Waals surface area contributed by atoms with Crippen LogP contribution in [0.5, 0.6) is 0 Å². The Bertz CT molecular complexity index is 1200. The summed E-state index contributed by atoms with van der Waals surface area (Å²) < 4.78 is 11.3. The minimum atomic E-state index is -2.31. The van der Waals surface area contributed by atoms with Gasteiger partial charge in [0.25, 0.3) is 17.5 Å². The maximum absolute atomic E-state index is 13.5. The lowest BCUT2D eigenvalue weighted by Gasteiger charge is -2.34. The SMILES string of the molecule is O=C1c2c(cccc2[N+](=O)[O-])CN1C(=O)C1(C(=O)O)Cc2cc(NC3CCCCO3)sc2CO1. The summed E-state index contributed by atoms with van der Waals surface area (Å²) in [6.45, 7) is 0.308. The van der Waals surface area contributed by atoms with Crippen LogP contribution < -0.4 is 5.32 Å². The van der Waals surface area contributed by atoms with E-state index >= 15 is 0 Å². The summed E-state index contributed by atoms with van der Waals surface area (Å²) in [4.78, 5) is 50.9. The second kappa shape index (κ2) is 8.46. The zero-order valence-corrected chi connectivity index (χ0v) is 18.8. The maximum atomic E-state index is 13.5. The van der Waals surface area contributed by atoms with Gasteiger partial charge in [-0.2, -0.15) is 0 Å². The molecule has 12 heteroatoms. The first-order valence-electron chi connectivity index (χ1n) is 10.8. The zero-order valence-electron chi connectivity index (χ0n) is 17.9. The van der Waals surface area contributed by atoms with Gasteiger partial charge in [0.1, 0.15) is 11.8 Å². The highest BCUT2D eigenvalue weighted by Crippen LogP contribution is 2.40. The molecule has 1 aromatic carbocycles. The van der Waals surface area contributed by atoms with Gasteiger partial charge in [-0.25, -0.2) is 4.79 Å². The van der Waals surface area contributed by atoms with E-state index in [2.05, 4.69) is 5.32 Å². The number of carboxylic acid groups (broad SMARTS) is 1. The standard InChI is InChI=1S/C22H21N3O8S/c26-19-18-12(4-3-5-14(18)25(30)31)10-24(19)20(27)22(21(28)29)9-13-8-17(34-15(13)11-33-22)23-16-6-1-2-7-32-16/h3-5,8,16,23H,1-2,6-7,9-11H2,(H,28,29). The Labute approximate surface area is 197 Å². The number of nitrogens with one attached hydrogen (secondary N) is 1. The van der Waals surface area contributed by atoms with Crippen LogP contribution in [0.2, 0.25) is 0 Å². The Hall–Kier alpha value is -3.35. The number of carbonyl (C=O) groups excluding carboxylic acids is 2. The van der Waals surface area contributed by atoms with Gasteiger partial charge in [0.05, 0.1) is 23.1 Å². The van der Waals surface area contributed by atoms with Crippen LogP contribution >= 0.6 is 11.3 Å². The molecule has 0 bridgehead atoms. The number of anilines is 1. The molecular formula is C22H21N3O8S. The number of fused-ring (bicyclic) bond motifs is 2. The van der Waals surface area contributed by atoms with Crippen LogP contribution in [0.3, 0.4) is 0 Å². The Morgan fingerprint density at radius 1 is 1.29 bits per heavy atom. The van der Waals surface area contributed by atoms with Gasteiger partial charge in [0, 0.05) is 24.0 Å². The Balaban J connectivity index is 1.41. The molecule has 5 rings (SSSR count). The molecule has 1 fully saturated rings. The number of hydrogen-bond acceptors (Lipinski definition) is 9. The van der Waals surface area contributed by atoms with Crippen molar-refractivity contribution in [2.24, 2.45) is 0 Å². The van der Waals surface area contributed by atoms with Crippen molar-refractivity contribution >= 4 is 39.8 Å². The lowest BCUT2D eigenvalue weighted by atomic mass is 9.90. The third-order valence-corrected chi connectivity index (χ3v) is 7.40. The molecule has 4 heterocycles.